The minimum atomic E-state index is -0.115. The molecule has 0 unspecified atom stereocenters. The molecule has 1 N–H and O–H groups in total. The molecule has 5 heteroatoms. The molecule has 4 rings (SSSR count). The van der Waals surface area contributed by atoms with Crippen LogP contribution in [-0.2, 0) is 4.79 Å². The molecule has 1 saturated heterocycles. The van der Waals surface area contributed by atoms with Gasteiger partial charge in [0.05, 0.1) is 6.04 Å². The molecule has 132 valence electrons. The van der Waals surface area contributed by atoms with Gasteiger partial charge in [0, 0.05) is 37.5 Å². The molecule has 1 fully saturated rings. The average molecular weight is 347 g/mol. The Hall–Kier alpha value is -3.08. The van der Waals surface area contributed by atoms with Crippen LogP contribution in [0.25, 0.3) is 10.9 Å². The summed E-state index contributed by atoms with van der Waals surface area (Å²) in [5.74, 6) is 0.0156. The van der Waals surface area contributed by atoms with Gasteiger partial charge in [0.1, 0.15) is 5.69 Å². The fourth-order valence-corrected chi connectivity index (χ4v) is 3.66. The number of hydrogen-bond donors (Lipinski definition) is 1. The molecule has 3 aromatic rings. The molecule has 0 aliphatic carbocycles. The first-order valence-electron chi connectivity index (χ1n) is 8.82. The van der Waals surface area contributed by atoms with Gasteiger partial charge in [0.25, 0.3) is 5.91 Å². The van der Waals surface area contributed by atoms with Crippen molar-refractivity contribution >= 4 is 22.7 Å². The molecule has 2 heterocycles. The van der Waals surface area contributed by atoms with Crippen LogP contribution in [0.3, 0.4) is 0 Å². The van der Waals surface area contributed by atoms with Crippen molar-refractivity contribution in [1.29, 1.82) is 0 Å². The third kappa shape index (κ3) is 2.96. The van der Waals surface area contributed by atoms with Crippen molar-refractivity contribution in [3.63, 3.8) is 0 Å². The van der Waals surface area contributed by atoms with E-state index in [9.17, 15) is 9.59 Å². The summed E-state index contributed by atoms with van der Waals surface area (Å²) < 4.78 is 0. The number of hydrogen-bond acceptors (Lipinski definition) is 2. The second kappa shape index (κ2) is 6.67. The summed E-state index contributed by atoms with van der Waals surface area (Å²) in [4.78, 5) is 32.0. The Balaban J connectivity index is 1.61. The van der Waals surface area contributed by atoms with Gasteiger partial charge in [-0.3, -0.25) is 9.59 Å². The first-order valence-corrected chi connectivity index (χ1v) is 8.82. The Morgan fingerprint density at radius 2 is 1.73 bits per heavy atom. The number of carbonyl (C=O) groups excluding carboxylic acids is 2. The highest BCUT2D eigenvalue weighted by molar-refractivity contribution is 5.98. The molecular weight excluding hydrogens is 326 g/mol. The lowest BCUT2D eigenvalue weighted by Gasteiger charge is -2.41. The summed E-state index contributed by atoms with van der Waals surface area (Å²) >= 11 is 0. The van der Waals surface area contributed by atoms with E-state index in [1.165, 1.54) is 0 Å². The van der Waals surface area contributed by atoms with Crippen molar-refractivity contribution in [3.8, 4) is 0 Å². The Labute approximate surface area is 152 Å². The van der Waals surface area contributed by atoms with Crippen LogP contribution in [0.4, 0.5) is 0 Å². The van der Waals surface area contributed by atoms with Crippen molar-refractivity contribution in [2.24, 2.45) is 0 Å². The molecular formula is C21H21N3O2. The van der Waals surface area contributed by atoms with Gasteiger partial charge in [-0.1, -0.05) is 48.5 Å². The van der Waals surface area contributed by atoms with E-state index >= 15 is 0 Å². The zero-order valence-electron chi connectivity index (χ0n) is 14.7. The summed E-state index contributed by atoms with van der Waals surface area (Å²) in [7, 11) is 0. The van der Waals surface area contributed by atoms with E-state index in [2.05, 4.69) is 4.98 Å². The minimum Gasteiger partial charge on any atom is -0.351 e. The molecule has 0 saturated carbocycles. The third-order valence-electron chi connectivity index (χ3n) is 5.02. The number of rotatable bonds is 2. The molecule has 1 aromatic heterocycles. The van der Waals surface area contributed by atoms with E-state index in [0.29, 0.717) is 25.3 Å². The fraction of sp³-hybridized carbons (Fsp3) is 0.238. The van der Waals surface area contributed by atoms with Crippen molar-refractivity contribution in [1.82, 2.24) is 14.8 Å². The quantitative estimate of drug-likeness (QED) is 0.774. The summed E-state index contributed by atoms with van der Waals surface area (Å²) in [6.07, 6.45) is 0. The number of amides is 2. The predicted molar refractivity (Wildman–Crippen MR) is 101 cm³/mol. The predicted octanol–water partition coefficient (Wildman–Crippen LogP) is 3.21. The zero-order chi connectivity index (χ0) is 18.1. The summed E-state index contributed by atoms with van der Waals surface area (Å²) in [5, 5.41) is 1.03. The second-order valence-corrected chi connectivity index (χ2v) is 6.66. The molecule has 1 atom stereocenters. The molecule has 26 heavy (non-hydrogen) atoms. The number of fused-ring (bicyclic) bond motifs is 1. The molecule has 0 bridgehead atoms. The van der Waals surface area contributed by atoms with Gasteiger partial charge >= 0.3 is 0 Å². The van der Waals surface area contributed by atoms with Crippen molar-refractivity contribution in [2.75, 3.05) is 19.6 Å². The van der Waals surface area contributed by atoms with Crippen LogP contribution in [0, 0.1) is 0 Å². The van der Waals surface area contributed by atoms with Gasteiger partial charge in [-0.2, -0.15) is 0 Å². The van der Waals surface area contributed by atoms with Crippen LogP contribution in [0.15, 0.2) is 60.7 Å². The Bertz CT molecular complexity index is 915. The number of H-pyrrole nitrogens is 1. The van der Waals surface area contributed by atoms with Crippen molar-refractivity contribution in [2.45, 2.75) is 13.0 Å². The second-order valence-electron chi connectivity index (χ2n) is 6.66. The van der Waals surface area contributed by atoms with Crippen LogP contribution in [0.5, 0.6) is 0 Å². The molecule has 2 aromatic carbocycles. The first-order chi connectivity index (χ1) is 12.6. The number of nitrogens with zero attached hydrogens (tertiary/aromatic N) is 2. The molecule has 1 aliphatic heterocycles. The molecule has 1 aliphatic rings. The van der Waals surface area contributed by atoms with Crippen LogP contribution in [0.1, 0.15) is 29.0 Å². The van der Waals surface area contributed by atoms with Crippen LogP contribution >= 0.6 is 0 Å². The Morgan fingerprint density at radius 1 is 1.00 bits per heavy atom. The number of para-hydroxylation sites is 1. The number of carbonyl (C=O) groups is 2. The van der Waals surface area contributed by atoms with Crippen LogP contribution < -0.4 is 0 Å². The van der Waals surface area contributed by atoms with Gasteiger partial charge < -0.3 is 14.8 Å². The van der Waals surface area contributed by atoms with Crippen molar-refractivity contribution < 1.29 is 9.59 Å². The summed E-state index contributed by atoms with van der Waals surface area (Å²) in [5.41, 5.74) is 2.60. The van der Waals surface area contributed by atoms with E-state index in [4.69, 9.17) is 0 Å². The number of nitrogens with one attached hydrogen (secondary N) is 1. The maximum Gasteiger partial charge on any atom is 0.270 e. The molecule has 0 radical (unpaired) electrons. The average Bonchev–Trinajstić information content (AvgIpc) is 3.11. The summed E-state index contributed by atoms with van der Waals surface area (Å²) in [6, 6.07) is 19.6. The minimum absolute atomic E-state index is 0.0228. The first kappa shape index (κ1) is 16.4. The highest BCUT2D eigenvalue weighted by Crippen LogP contribution is 2.27. The SMILES string of the molecule is CC(=O)N1CCN(C(=O)c2cc3ccccc3[nH]2)C[C@@H]1c1ccccc1. The lowest BCUT2D eigenvalue weighted by atomic mass is 10.0. The zero-order valence-corrected chi connectivity index (χ0v) is 14.7. The number of benzene rings is 2. The van der Waals surface area contributed by atoms with E-state index in [-0.39, 0.29) is 17.9 Å². The lowest BCUT2D eigenvalue weighted by Crippen LogP contribution is -2.51. The number of aromatic nitrogens is 1. The molecule has 2 amide bonds. The topological polar surface area (TPSA) is 56.4 Å². The van der Waals surface area contributed by atoms with Gasteiger partial charge in [-0.15, -0.1) is 0 Å². The van der Waals surface area contributed by atoms with E-state index < -0.39 is 0 Å². The van der Waals surface area contributed by atoms with Gasteiger partial charge in [0.15, 0.2) is 0 Å². The maximum atomic E-state index is 13.0. The monoisotopic (exact) mass is 347 g/mol. The number of aromatic amines is 1. The summed E-state index contributed by atoms with van der Waals surface area (Å²) in [6.45, 7) is 3.17. The highest BCUT2D eigenvalue weighted by Gasteiger charge is 2.32. The van der Waals surface area contributed by atoms with E-state index in [0.717, 1.165) is 16.5 Å². The smallest absolute Gasteiger partial charge is 0.270 e. The lowest BCUT2D eigenvalue weighted by molar-refractivity contribution is -0.133. The van der Waals surface area contributed by atoms with Crippen molar-refractivity contribution in [3.05, 3.63) is 71.9 Å². The number of piperazine rings is 1. The third-order valence-corrected chi connectivity index (χ3v) is 5.02. The molecule has 0 spiro atoms. The normalized spacial score (nSPS) is 17.5. The van der Waals surface area contributed by atoms with Crippen LogP contribution in [0.2, 0.25) is 0 Å². The Morgan fingerprint density at radius 3 is 2.46 bits per heavy atom. The maximum absolute atomic E-state index is 13.0. The molecule has 5 nitrogen and oxygen atoms in total. The van der Waals surface area contributed by atoms with E-state index in [1.54, 1.807) is 6.92 Å². The standard InChI is InChI=1S/C21H21N3O2/c1-15(25)24-12-11-23(14-20(24)16-7-3-2-4-8-16)21(26)19-13-17-9-5-6-10-18(17)22-19/h2-10,13,20,22H,11-12,14H2,1H3/t20-/m1/s1. The van der Waals surface area contributed by atoms with Gasteiger partial charge in [-0.05, 0) is 17.7 Å². The van der Waals surface area contributed by atoms with Gasteiger partial charge in [-0.25, -0.2) is 0 Å². The van der Waals surface area contributed by atoms with E-state index in [1.807, 2.05) is 70.5 Å². The Kier molecular flexibility index (Phi) is 4.21. The van der Waals surface area contributed by atoms with Gasteiger partial charge in [0.2, 0.25) is 5.91 Å². The largest absolute Gasteiger partial charge is 0.351 e. The fourth-order valence-electron chi connectivity index (χ4n) is 3.66. The highest BCUT2D eigenvalue weighted by atomic mass is 16.2. The van der Waals surface area contributed by atoms with Crippen LogP contribution in [-0.4, -0.2) is 46.2 Å².